The molecule has 0 aliphatic carbocycles. The second-order valence-electron chi connectivity index (χ2n) is 3.46. The average molecular weight is 221 g/mol. The lowest BCUT2D eigenvalue weighted by molar-refractivity contribution is -0.253. The van der Waals surface area contributed by atoms with Crippen molar-refractivity contribution in [1.29, 1.82) is 0 Å². The highest BCUT2D eigenvalue weighted by Gasteiger charge is 2.43. The first-order chi connectivity index (χ1) is 6.97. The highest BCUT2D eigenvalue weighted by Crippen LogP contribution is 2.19. The molecule has 0 aromatic rings. The Labute approximate surface area is 86.3 Å². The molecular formula is C8H15NO6. The first-order valence-corrected chi connectivity index (χ1v) is 4.55. The minimum atomic E-state index is -1.45. The van der Waals surface area contributed by atoms with Crippen molar-refractivity contribution in [2.24, 2.45) is 0 Å². The highest BCUT2D eigenvalue weighted by atomic mass is 16.6. The number of rotatable bonds is 2. The van der Waals surface area contributed by atoms with Gasteiger partial charge >= 0.3 is 0 Å². The first kappa shape index (κ1) is 12.3. The van der Waals surface area contributed by atoms with E-state index in [0.717, 1.165) is 0 Å². The number of hydrogen-bond donors (Lipinski definition) is 5. The van der Waals surface area contributed by atoms with Crippen LogP contribution in [0.25, 0.3) is 0 Å². The van der Waals surface area contributed by atoms with Crippen LogP contribution in [0.4, 0.5) is 0 Å². The van der Waals surface area contributed by atoms with E-state index in [9.17, 15) is 20.1 Å². The van der Waals surface area contributed by atoms with Gasteiger partial charge in [-0.05, 0) is 0 Å². The van der Waals surface area contributed by atoms with Gasteiger partial charge in [-0.25, -0.2) is 0 Å². The fourth-order valence-corrected chi connectivity index (χ4v) is 1.49. The van der Waals surface area contributed by atoms with Crippen LogP contribution in [0.15, 0.2) is 0 Å². The van der Waals surface area contributed by atoms with E-state index in [4.69, 9.17) is 9.84 Å². The molecule has 1 saturated heterocycles. The smallest absolute Gasteiger partial charge is 0.217 e. The van der Waals surface area contributed by atoms with Gasteiger partial charge in [0.15, 0.2) is 6.29 Å². The topological polar surface area (TPSA) is 119 Å². The average Bonchev–Trinajstić information content (AvgIpc) is 2.18. The van der Waals surface area contributed by atoms with Crippen LogP contribution in [-0.2, 0) is 9.53 Å². The van der Waals surface area contributed by atoms with Crippen molar-refractivity contribution in [3.05, 3.63) is 0 Å². The number of carbonyl (C=O) groups is 1. The minimum Gasteiger partial charge on any atom is -0.394 e. The van der Waals surface area contributed by atoms with E-state index in [2.05, 4.69) is 5.32 Å². The van der Waals surface area contributed by atoms with E-state index in [1.54, 1.807) is 0 Å². The van der Waals surface area contributed by atoms with Gasteiger partial charge in [0, 0.05) is 6.92 Å². The van der Waals surface area contributed by atoms with E-state index in [1.165, 1.54) is 6.92 Å². The Morgan fingerprint density at radius 3 is 2.40 bits per heavy atom. The molecule has 0 spiro atoms. The molecule has 0 aromatic carbocycles. The van der Waals surface area contributed by atoms with Gasteiger partial charge in [0.05, 0.1) is 6.61 Å². The lowest BCUT2D eigenvalue weighted by Gasteiger charge is -2.40. The van der Waals surface area contributed by atoms with E-state index in [-0.39, 0.29) is 0 Å². The summed E-state index contributed by atoms with van der Waals surface area (Å²) in [5.74, 6) is -0.462. The van der Waals surface area contributed by atoms with Crippen molar-refractivity contribution < 1.29 is 30.0 Å². The van der Waals surface area contributed by atoms with Gasteiger partial charge < -0.3 is 30.5 Å². The first-order valence-electron chi connectivity index (χ1n) is 4.55. The van der Waals surface area contributed by atoms with Crippen molar-refractivity contribution in [2.45, 2.75) is 37.6 Å². The fraction of sp³-hybridized carbons (Fsp3) is 0.875. The summed E-state index contributed by atoms with van der Waals surface area (Å²) in [5.41, 5.74) is 0. The normalized spacial score (nSPS) is 41.3. The number of carbonyl (C=O) groups excluding carboxylic acids is 1. The molecule has 0 saturated carbocycles. The number of hydrogen-bond acceptors (Lipinski definition) is 6. The summed E-state index contributed by atoms with van der Waals surface area (Å²) in [4.78, 5) is 10.7. The fourth-order valence-electron chi connectivity index (χ4n) is 1.49. The Morgan fingerprint density at radius 1 is 1.33 bits per heavy atom. The van der Waals surface area contributed by atoms with E-state index in [0.29, 0.717) is 0 Å². The van der Waals surface area contributed by atoms with Crippen LogP contribution in [0.2, 0.25) is 0 Å². The largest absolute Gasteiger partial charge is 0.394 e. The maximum absolute atomic E-state index is 10.7. The van der Waals surface area contributed by atoms with Gasteiger partial charge in [0.25, 0.3) is 0 Å². The maximum atomic E-state index is 10.7. The van der Waals surface area contributed by atoms with Crippen molar-refractivity contribution in [3.8, 4) is 0 Å². The third-order valence-electron chi connectivity index (χ3n) is 2.27. The van der Waals surface area contributed by atoms with Crippen LogP contribution in [0, 0.1) is 0 Å². The van der Waals surface area contributed by atoms with Crippen molar-refractivity contribution >= 4 is 5.91 Å². The molecule has 3 unspecified atom stereocenters. The van der Waals surface area contributed by atoms with Crippen molar-refractivity contribution in [3.63, 3.8) is 0 Å². The molecule has 1 heterocycles. The molecule has 7 nitrogen and oxygen atoms in total. The zero-order valence-corrected chi connectivity index (χ0v) is 8.20. The van der Waals surface area contributed by atoms with Gasteiger partial charge in [-0.1, -0.05) is 0 Å². The second kappa shape index (κ2) is 4.86. The summed E-state index contributed by atoms with van der Waals surface area (Å²) in [6, 6.07) is -1.10. The third-order valence-corrected chi connectivity index (χ3v) is 2.27. The van der Waals surface area contributed by atoms with Gasteiger partial charge in [0.2, 0.25) is 5.91 Å². The van der Waals surface area contributed by atoms with Gasteiger partial charge in [0.1, 0.15) is 24.4 Å². The van der Waals surface area contributed by atoms with Gasteiger partial charge in [-0.2, -0.15) is 0 Å². The maximum Gasteiger partial charge on any atom is 0.217 e. The zero-order chi connectivity index (χ0) is 11.6. The van der Waals surface area contributed by atoms with Crippen LogP contribution in [-0.4, -0.2) is 63.6 Å². The SMILES string of the molecule is CC(=O)NC1C(O)OC(CO)[C@H](O)[C@@H]1O. The van der Waals surface area contributed by atoms with Crippen LogP contribution in [0.1, 0.15) is 6.92 Å². The van der Waals surface area contributed by atoms with Crippen LogP contribution in [0.5, 0.6) is 0 Å². The van der Waals surface area contributed by atoms with E-state index < -0.39 is 43.2 Å². The predicted octanol–water partition coefficient (Wildman–Crippen LogP) is -3.08. The molecule has 7 heteroatoms. The number of ether oxygens (including phenoxy) is 1. The quantitative estimate of drug-likeness (QED) is 0.337. The van der Waals surface area contributed by atoms with Crippen LogP contribution >= 0.6 is 0 Å². The van der Waals surface area contributed by atoms with Crippen molar-refractivity contribution in [1.82, 2.24) is 5.32 Å². The molecule has 1 aliphatic heterocycles. The molecule has 5 atom stereocenters. The molecule has 0 radical (unpaired) electrons. The summed E-state index contributed by atoms with van der Waals surface area (Å²) in [5, 5.41) is 39.4. The summed E-state index contributed by atoms with van der Waals surface area (Å²) >= 11 is 0. The molecule has 1 rings (SSSR count). The summed E-state index contributed by atoms with van der Waals surface area (Å²) in [7, 11) is 0. The lowest BCUT2D eigenvalue weighted by Crippen LogP contribution is -2.63. The van der Waals surface area contributed by atoms with Crippen LogP contribution < -0.4 is 5.32 Å². The molecule has 15 heavy (non-hydrogen) atoms. The molecular weight excluding hydrogens is 206 g/mol. The summed E-state index contributed by atoms with van der Waals surface area (Å²) < 4.78 is 4.81. The number of nitrogens with one attached hydrogen (secondary N) is 1. The van der Waals surface area contributed by atoms with Crippen LogP contribution in [0.3, 0.4) is 0 Å². The van der Waals surface area contributed by atoms with E-state index >= 15 is 0 Å². The minimum absolute atomic E-state index is 0.462. The number of amides is 1. The highest BCUT2D eigenvalue weighted by molar-refractivity contribution is 5.73. The monoisotopic (exact) mass is 221 g/mol. The third kappa shape index (κ3) is 2.64. The zero-order valence-electron chi connectivity index (χ0n) is 8.20. The second-order valence-corrected chi connectivity index (χ2v) is 3.46. The van der Waals surface area contributed by atoms with Gasteiger partial charge in [-0.15, -0.1) is 0 Å². The Morgan fingerprint density at radius 2 is 1.93 bits per heavy atom. The van der Waals surface area contributed by atoms with Crippen molar-refractivity contribution in [2.75, 3.05) is 6.61 Å². The summed E-state index contributed by atoms with van der Waals surface area (Å²) in [6.07, 6.45) is -5.24. The Bertz CT molecular complexity index is 235. The molecule has 0 aromatic heterocycles. The van der Waals surface area contributed by atoms with E-state index in [1.807, 2.05) is 0 Å². The number of aliphatic hydroxyl groups excluding tert-OH is 4. The van der Waals surface area contributed by atoms with Gasteiger partial charge in [-0.3, -0.25) is 4.79 Å². The molecule has 1 aliphatic rings. The Kier molecular flexibility index (Phi) is 4.00. The Balaban J connectivity index is 2.70. The molecule has 5 N–H and O–H groups in total. The summed E-state index contributed by atoms with van der Waals surface area (Å²) in [6.45, 7) is 0.687. The Hall–Kier alpha value is -0.730. The number of aliphatic hydroxyl groups is 4. The molecule has 88 valence electrons. The predicted molar refractivity (Wildman–Crippen MR) is 47.6 cm³/mol. The molecule has 1 fully saturated rings. The lowest BCUT2D eigenvalue weighted by atomic mass is 9.97. The molecule has 0 bridgehead atoms. The standard InChI is InChI=1S/C8H15NO6/c1-3(11)9-5-7(13)6(12)4(2-10)15-8(5)14/h4-8,10,12-14H,2H2,1H3,(H,9,11)/t4?,5?,6-,7+,8?/m0/s1. The molecule has 1 amide bonds.